The van der Waals surface area contributed by atoms with Gasteiger partial charge in [0.2, 0.25) is 5.88 Å². The molecule has 0 atom stereocenters. The van der Waals surface area contributed by atoms with Crippen LogP contribution in [0.2, 0.25) is 0 Å². The Morgan fingerprint density at radius 2 is 2.04 bits per heavy atom. The summed E-state index contributed by atoms with van der Waals surface area (Å²) in [7, 11) is 0. The Labute approximate surface area is 153 Å². The van der Waals surface area contributed by atoms with Crippen LogP contribution in [0.5, 0.6) is 5.88 Å². The van der Waals surface area contributed by atoms with Gasteiger partial charge in [0.1, 0.15) is 0 Å². The molecule has 0 aliphatic heterocycles. The Morgan fingerprint density at radius 3 is 2.73 bits per heavy atom. The molecule has 0 unspecified atom stereocenters. The number of imidazole rings is 1. The summed E-state index contributed by atoms with van der Waals surface area (Å²) in [4.78, 5) is 17.8. The highest BCUT2D eigenvalue weighted by Gasteiger charge is 2.10. The maximum atomic E-state index is 12.3. The number of nitrogens with one attached hydrogen (secondary N) is 1. The summed E-state index contributed by atoms with van der Waals surface area (Å²) < 4.78 is 7.20. The van der Waals surface area contributed by atoms with Gasteiger partial charge >= 0.3 is 0 Å². The van der Waals surface area contributed by atoms with Crippen molar-refractivity contribution in [2.24, 2.45) is 0 Å². The minimum atomic E-state index is -0.323. The summed E-state index contributed by atoms with van der Waals surface area (Å²) >= 11 is 1.59. The highest BCUT2D eigenvalue weighted by molar-refractivity contribution is 7.15. The van der Waals surface area contributed by atoms with E-state index < -0.39 is 0 Å². The van der Waals surface area contributed by atoms with Crippen LogP contribution in [0, 0.1) is 0 Å². The zero-order valence-corrected chi connectivity index (χ0v) is 14.7. The van der Waals surface area contributed by atoms with Crippen molar-refractivity contribution in [2.75, 3.05) is 11.9 Å². The van der Waals surface area contributed by atoms with Crippen LogP contribution < -0.4 is 10.1 Å². The zero-order valence-electron chi connectivity index (χ0n) is 13.9. The third kappa shape index (κ3) is 3.27. The number of hydrogen-bond acceptors (Lipinski definition) is 6. The molecule has 0 spiro atoms. The number of carbonyl (C=O) groups is 1. The van der Waals surface area contributed by atoms with Gasteiger partial charge in [-0.3, -0.25) is 9.20 Å². The maximum Gasteiger partial charge on any atom is 0.276 e. The molecule has 0 saturated carbocycles. The monoisotopic (exact) mass is 365 g/mol. The van der Waals surface area contributed by atoms with Gasteiger partial charge in [-0.05, 0) is 25.1 Å². The van der Waals surface area contributed by atoms with E-state index in [-0.39, 0.29) is 11.6 Å². The summed E-state index contributed by atoms with van der Waals surface area (Å²) in [6.07, 6.45) is 3.96. The molecule has 4 rings (SSSR count). The quantitative estimate of drug-likeness (QED) is 0.585. The number of anilines is 1. The predicted octanol–water partition coefficient (Wildman–Crippen LogP) is 3.50. The Balaban J connectivity index is 1.46. The molecule has 0 radical (unpaired) electrons. The minimum Gasteiger partial charge on any atom is -0.477 e. The SMILES string of the molecule is CCOc1ccc(C(=O)Nc2ccc(-c3cn4ccsc4n3)cc2)nn1. The second-order valence-electron chi connectivity index (χ2n) is 5.44. The minimum absolute atomic E-state index is 0.229. The molecule has 0 fully saturated rings. The van der Waals surface area contributed by atoms with Crippen LogP contribution in [-0.4, -0.2) is 32.1 Å². The average Bonchev–Trinajstić information content (AvgIpc) is 3.25. The number of ether oxygens (including phenoxy) is 1. The number of thiazole rings is 1. The number of rotatable bonds is 5. The first-order chi connectivity index (χ1) is 12.7. The molecule has 3 aromatic heterocycles. The van der Waals surface area contributed by atoms with Crippen LogP contribution in [0.1, 0.15) is 17.4 Å². The molecule has 1 N–H and O–H groups in total. The van der Waals surface area contributed by atoms with E-state index in [2.05, 4.69) is 20.5 Å². The third-order valence-corrected chi connectivity index (χ3v) is 4.47. The summed E-state index contributed by atoms with van der Waals surface area (Å²) in [6.45, 7) is 2.36. The Kier molecular flexibility index (Phi) is 4.32. The summed E-state index contributed by atoms with van der Waals surface area (Å²) in [5, 5.41) is 12.5. The van der Waals surface area contributed by atoms with Crippen molar-refractivity contribution in [3.05, 3.63) is 59.9 Å². The van der Waals surface area contributed by atoms with Crippen LogP contribution in [0.25, 0.3) is 16.2 Å². The lowest BCUT2D eigenvalue weighted by atomic mass is 10.1. The van der Waals surface area contributed by atoms with Gasteiger partial charge < -0.3 is 10.1 Å². The predicted molar refractivity (Wildman–Crippen MR) is 99.7 cm³/mol. The zero-order chi connectivity index (χ0) is 17.9. The van der Waals surface area contributed by atoms with Crippen LogP contribution >= 0.6 is 11.3 Å². The van der Waals surface area contributed by atoms with Crippen LogP contribution in [-0.2, 0) is 0 Å². The number of carbonyl (C=O) groups excluding carboxylic acids is 1. The molecule has 4 aromatic rings. The van der Waals surface area contributed by atoms with Crippen LogP contribution in [0.15, 0.2) is 54.2 Å². The molecule has 8 heteroatoms. The van der Waals surface area contributed by atoms with Crippen LogP contribution in [0.4, 0.5) is 5.69 Å². The van der Waals surface area contributed by atoms with E-state index in [9.17, 15) is 4.79 Å². The lowest BCUT2D eigenvalue weighted by Gasteiger charge is -2.06. The standard InChI is InChI=1S/C18H15N5O2S/c1-2-25-16-8-7-14(21-22-16)17(24)19-13-5-3-12(4-6-13)15-11-23-9-10-26-18(23)20-15/h3-11H,2H2,1H3,(H,19,24). The highest BCUT2D eigenvalue weighted by Crippen LogP contribution is 2.23. The molecule has 7 nitrogen and oxygen atoms in total. The Morgan fingerprint density at radius 1 is 1.19 bits per heavy atom. The van der Waals surface area contributed by atoms with E-state index in [1.165, 1.54) is 0 Å². The number of benzene rings is 1. The van der Waals surface area contributed by atoms with E-state index in [1.54, 1.807) is 23.5 Å². The van der Waals surface area contributed by atoms with Gasteiger partial charge in [0.25, 0.3) is 5.91 Å². The van der Waals surface area contributed by atoms with Gasteiger partial charge in [0.05, 0.1) is 12.3 Å². The van der Waals surface area contributed by atoms with E-state index in [0.29, 0.717) is 18.2 Å². The third-order valence-electron chi connectivity index (χ3n) is 3.70. The van der Waals surface area contributed by atoms with Crippen molar-refractivity contribution in [2.45, 2.75) is 6.92 Å². The molecule has 0 aliphatic rings. The van der Waals surface area contributed by atoms with Gasteiger partial charge in [-0.2, -0.15) is 0 Å². The van der Waals surface area contributed by atoms with Crippen molar-refractivity contribution in [3.8, 4) is 17.1 Å². The van der Waals surface area contributed by atoms with E-state index >= 15 is 0 Å². The fourth-order valence-corrected chi connectivity index (χ4v) is 3.15. The molecule has 1 amide bonds. The summed E-state index contributed by atoms with van der Waals surface area (Å²) in [5.41, 5.74) is 2.79. The van der Waals surface area contributed by atoms with Crippen molar-refractivity contribution in [3.63, 3.8) is 0 Å². The van der Waals surface area contributed by atoms with Gasteiger partial charge in [0.15, 0.2) is 10.7 Å². The second-order valence-corrected chi connectivity index (χ2v) is 6.31. The molecule has 0 aliphatic carbocycles. The Bertz CT molecular complexity index is 1010. The second kappa shape index (κ2) is 6.93. The van der Waals surface area contributed by atoms with E-state index in [0.717, 1.165) is 16.2 Å². The number of amides is 1. The van der Waals surface area contributed by atoms with Crippen molar-refractivity contribution >= 4 is 27.9 Å². The lowest BCUT2D eigenvalue weighted by molar-refractivity contribution is 0.102. The maximum absolute atomic E-state index is 12.3. The lowest BCUT2D eigenvalue weighted by Crippen LogP contribution is -2.14. The largest absolute Gasteiger partial charge is 0.477 e. The Hall–Kier alpha value is -3.26. The average molecular weight is 365 g/mol. The smallest absolute Gasteiger partial charge is 0.276 e. The van der Waals surface area contributed by atoms with Gasteiger partial charge in [-0.25, -0.2) is 4.98 Å². The number of fused-ring (bicyclic) bond motifs is 1. The molecule has 0 saturated heterocycles. The molecular weight excluding hydrogens is 350 g/mol. The molecule has 0 bridgehead atoms. The normalized spacial score (nSPS) is 10.8. The first-order valence-corrected chi connectivity index (χ1v) is 8.91. The van der Waals surface area contributed by atoms with E-state index in [4.69, 9.17) is 4.74 Å². The number of hydrogen-bond donors (Lipinski definition) is 1. The van der Waals surface area contributed by atoms with Crippen molar-refractivity contribution in [1.82, 2.24) is 19.6 Å². The summed E-state index contributed by atoms with van der Waals surface area (Å²) in [5.74, 6) is 0.0733. The van der Waals surface area contributed by atoms with Crippen molar-refractivity contribution in [1.29, 1.82) is 0 Å². The molecule has 3 heterocycles. The van der Waals surface area contributed by atoms with Gasteiger partial charge in [-0.1, -0.05) is 12.1 Å². The first-order valence-electron chi connectivity index (χ1n) is 8.03. The molecule has 1 aromatic carbocycles. The fraction of sp³-hybridized carbons (Fsp3) is 0.111. The fourth-order valence-electron chi connectivity index (χ4n) is 2.45. The summed E-state index contributed by atoms with van der Waals surface area (Å²) in [6, 6.07) is 10.7. The van der Waals surface area contributed by atoms with Crippen LogP contribution in [0.3, 0.4) is 0 Å². The van der Waals surface area contributed by atoms with Gasteiger partial charge in [-0.15, -0.1) is 21.5 Å². The molecule has 26 heavy (non-hydrogen) atoms. The molecular formula is C18H15N5O2S. The first kappa shape index (κ1) is 16.2. The molecule has 130 valence electrons. The highest BCUT2D eigenvalue weighted by atomic mass is 32.1. The number of aromatic nitrogens is 4. The van der Waals surface area contributed by atoms with E-state index in [1.807, 2.05) is 53.4 Å². The topological polar surface area (TPSA) is 81.4 Å². The van der Waals surface area contributed by atoms with Crippen molar-refractivity contribution < 1.29 is 9.53 Å². The van der Waals surface area contributed by atoms with Gasteiger partial charge in [0, 0.05) is 35.1 Å². The number of nitrogens with zero attached hydrogens (tertiary/aromatic N) is 4.